The van der Waals surface area contributed by atoms with Crippen molar-refractivity contribution < 1.29 is 13.7 Å². The normalized spacial score (nSPS) is 18.8. The van der Waals surface area contributed by atoms with Gasteiger partial charge in [-0.2, -0.15) is 0 Å². The fraction of sp³-hybridized carbons (Fsp3) is 0.412. The van der Waals surface area contributed by atoms with Crippen LogP contribution in [-0.4, -0.2) is 26.4 Å². The van der Waals surface area contributed by atoms with Gasteiger partial charge in [0.2, 0.25) is 10.9 Å². The minimum absolute atomic E-state index is 0.0291. The quantitative estimate of drug-likeness (QED) is 0.836. The molecule has 3 aliphatic rings. The lowest BCUT2D eigenvalue weighted by molar-refractivity contribution is 0.234. The van der Waals surface area contributed by atoms with Crippen LogP contribution in [-0.2, 0) is 42.1 Å². The first-order valence-electron chi connectivity index (χ1n) is 8.73. The summed E-state index contributed by atoms with van der Waals surface area (Å²) in [6, 6.07) is 1.52. The number of benzene rings is 1. The fourth-order valence-electron chi connectivity index (χ4n) is 3.78. The Kier molecular flexibility index (Phi) is 3.38. The van der Waals surface area contributed by atoms with Crippen LogP contribution in [0.2, 0.25) is 0 Å². The molecule has 26 heavy (non-hydrogen) atoms. The van der Waals surface area contributed by atoms with Crippen LogP contribution >= 0.6 is 0 Å². The summed E-state index contributed by atoms with van der Waals surface area (Å²) in [6.07, 6.45) is 6.32. The van der Waals surface area contributed by atoms with Crippen LogP contribution < -0.4 is 15.2 Å². The molecule has 1 aliphatic heterocycles. The second-order valence-electron chi connectivity index (χ2n) is 6.87. The van der Waals surface area contributed by atoms with Crippen LogP contribution in [0.25, 0.3) is 0 Å². The average molecular weight is 373 g/mol. The summed E-state index contributed by atoms with van der Waals surface area (Å²) >= 11 is 0. The molecule has 2 amide bonds. The second-order valence-corrected chi connectivity index (χ2v) is 8.57. The minimum Gasteiger partial charge on any atom is -0.477 e. The number of anilines is 1. The molecule has 1 atom stereocenters. The minimum atomic E-state index is -3.48. The Bertz CT molecular complexity index is 1030. The van der Waals surface area contributed by atoms with E-state index >= 15 is 0 Å². The number of carbonyl (C=O) groups is 1. The van der Waals surface area contributed by atoms with Gasteiger partial charge in [0.15, 0.2) is 9.92 Å². The molecule has 0 radical (unpaired) electrons. The van der Waals surface area contributed by atoms with E-state index < -0.39 is 15.9 Å². The highest BCUT2D eigenvalue weighted by Gasteiger charge is 2.29. The lowest BCUT2D eigenvalue weighted by atomic mass is 9.76. The molecule has 8 nitrogen and oxygen atoms in total. The van der Waals surface area contributed by atoms with E-state index in [1.54, 1.807) is 4.57 Å². The van der Waals surface area contributed by atoms with Crippen molar-refractivity contribution in [3.63, 3.8) is 0 Å². The largest absolute Gasteiger partial charge is 0.477 e. The predicted molar refractivity (Wildman–Crippen MR) is 95.6 cm³/mol. The maximum absolute atomic E-state index is 12.8. The summed E-state index contributed by atoms with van der Waals surface area (Å²) in [6.45, 7) is 1.22. The molecule has 1 unspecified atom stereocenters. The Morgan fingerprint density at radius 1 is 1.27 bits per heavy atom. The molecular formula is C17H19N5O3S. The molecule has 2 aromatic rings. The molecule has 2 heterocycles. The lowest BCUT2D eigenvalue weighted by Crippen LogP contribution is -2.25. The van der Waals surface area contributed by atoms with Gasteiger partial charge < -0.3 is 14.6 Å². The average Bonchev–Trinajstić information content (AvgIpc) is 2.96. The Labute approximate surface area is 151 Å². The van der Waals surface area contributed by atoms with E-state index in [0.29, 0.717) is 19.0 Å². The highest BCUT2D eigenvalue weighted by molar-refractivity contribution is 7.91. The summed E-state index contributed by atoms with van der Waals surface area (Å²) in [5, 5.41) is 8.72. The predicted octanol–water partition coefficient (Wildman–Crippen LogP) is 1.80. The number of ether oxygens (including phenoxy) is 1. The van der Waals surface area contributed by atoms with Gasteiger partial charge in [-0.1, -0.05) is 6.07 Å². The van der Waals surface area contributed by atoms with Gasteiger partial charge in [-0.25, -0.2) is 19.1 Å². The number of hydrogen-bond donors (Lipinski definition) is 2. The van der Waals surface area contributed by atoms with E-state index in [-0.39, 0.29) is 5.03 Å². The number of rotatable bonds is 2. The molecule has 9 heteroatoms. The summed E-state index contributed by atoms with van der Waals surface area (Å²) in [4.78, 5) is 16.5. The zero-order valence-corrected chi connectivity index (χ0v) is 15.0. The first-order valence-corrected chi connectivity index (χ1v) is 10.3. The van der Waals surface area contributed by atoms with E-state index in [2.05, 4.69) is 20.7 Å². The maximum Gasteiger partial charge on any atom is 0.354 e. The zero-order valence-electron chi connectivity index (χ0n) is 14.2. The van der Waals surface area contributed by atoms with Crippen molar-refractivity contribution in [2.75, 3.05) is 11.9 Å². The van der Waals surface area contributed by atoms with Crippen molar-refractivity contribution in [1.82, 2.24) is 9.55 Å². The number of hydrogen-bond acceptors (Lipinski definition) is 4. The van der Waals surface area contributed by atoms with Gasteiger partial charge >= 0.3 is 6.03 Å². The third kappa shape index (κ3) is 2.34. The number of imidazole rings is 1. The van der Waals surface area contributed by atoms with Gasteiger partial charge in [-0.3, -0.25) is 0 Å². The lowest BCUT2D eigenvalue weighted by Gasteiger charge is -2.31. The highest BCUT2D eigenvalue weighted by atomic mass is 32.2. The first kappa shape index (κ1) is 15.8. The van der Waals surface area contributed by atoms with E-state index in [1.807, 2.05) is 0 Å². The number of fused-ring (bicyclic) bond motifs is 3. The summed E-state index contributed by atoms with van der Waals surface area (Å²) in [5.74, 6) is 0.341. The second kappa shape index (κ2) is 5.55. The number of urea groups is 1. The molecule has 0 saturated carbocycles. The summed E-state index contributed by atoms with van der Waals surface area (Å²) in [5.41, 5.74) is 5.73. The van der Waals surface area contributed by atoms with Crippen molar-refractivity contribution in [3.05, 3.63) is 34.6 Å². The first-order chi connectivity index (χ1) is 12.5. The van der Waals surface area contributed by atoms with Crippen LogP contribution in [0.4, 0.5) is 10.5 Å². The molecule has 0 spiro atoms. The number of carbonyl (C=O) groups excluding carboxylic acids is 1. The van der Waals surface area contributed by atoms with E-state index in [4.69, 9.17) is 9.88 Å². The molecule has 5 rings (SSSR count). The number of aromatic nitrogens is 2. The monoisotopic (exact) mass is 373 g/mol. The van der Waals surface area contributed by atoms with Crippen molar-refractivity contribution >= 4 is 21.6 Å². The smallest absolute Gasteiger partial charge is 0.354 e. The Morgan fingerprint density at radius 2 is 2.00 bits per heavy atom. The summed E-state index contributed by atoms with van der Waals surface area (Å²) in [7, 11) is -3.48. The van der Waals surface area contributed by atoms with Crippen molar-refractivity contribution in [2.45, 2.75) is 43.7 Å². The molecule has 2 aliphatic carbocycles. The van der Waals surface area contributed by atoms with Crippen molar-refractivity contribution in [1.29, 1.82) is 0 Å². The topological polar surface area (TPSA) is 112 Å². The van der Waals surface area contributed by atoms with Gasteiger partial charge in [-0.15, -0.1) is 4.36 Å². The fourth-order valence-corrected chi connectivity index (χ4v) is 4.78. The molecule has 0 fully saturated rings. The number of nitrogens with zero attached hydrogens (tertiary/aromatic N) is 3. The molecular weight excluding hydrogens is 354 g/mol. The number of amides is 2. The molecule has 136 valence electrons. The molecule has 0 saturated heterocycles. The number of nitrogens with two attached hydrogens (primary N) is 1. The van der Waals surface area contributed by atoms with E-state index in [0.717, 1.165) is 37.8 Å². The van der Waals surface area contributed by atoms with Gasteiger partial charge in [0.1, 0.15) is 0 Å². The van der Waals surface area contributed by atoms with Gasteiger partial charge in [-0.05, 0) is 54.4 Å². The third-order valence-electron chi connectivity index (χ3n) is 5.28. The third-order valence-corrected chi connectivity index (χ3v) is 6.55. The number of aryl methyl sites for hydroxylation is 3. The Balaban J connectivity index is 1.47. The van der Waals surface area contributed by atoms with Gasteiger partial charge in [0.25, 0.3) is 0 Å². The summed E-state index contributed by atoms with van der Waals surface area (Å²) < 4.78 is 23.8. The van der Waals surface area contributed by atoms with Gasteiger partial charge in [0, 0.05) is 12.2 Å². The van der Waals surface area contributed by atoms with Crippen LogP contribution in [0.3, 0.4) is 0 Å². The van der Waals surface area contributed by atoms with Crippen LogP contribution in [0.1, 0.15) is 28.7 Å². The van der Waals surface area contributed by atoms with Crippen molar-refractivity contribution in [2.24, 2.45) is 9.50 Å². The van der Waals surface area contributed by atoms with Crippen LogP contribution in [0.15, 0.2) is 21.8 Å². The van der Waals surface area contributed by atoms with Crippen molar-refractivity contribution in [3.8, 4) is 5.88 Å². The van der Waals surface area contributed by atoms with Crippen LogP contribution in [0.5, 0.6) is 5.88 Å². The highest BCUT2D eigenvalue weighted by Crippen LogP contribution is 2.40. The molecule has 3 N–H and O–H groups in total. The van der Waals surface area contributed by atoms with Crippen LogP contribution in [0, 0.1) is 0 Å². The maximum atomic E-state index is 12.8. The number of nitrogens with one attached hydrogen (secondary N) is 1. The molecule has 1 aromatic carbocycles. The van der Waals surface area contributed by atoms with E-state index in [9.17, 15) is 9.00 Å². The Hall–Kier alpha value is -2.39. The van der Waals surface area contributed by atoms with Gasteiger partial charge in [0.05, 0.1) is 12.9 Å². The van der Waals surface area contributed by atoms with E-state index in [1.165, 1.54) is 28.6 Å². The molecule has 0 bridgehead atoms. The zero-order chi connectivity index (χ0) is 17.9. The SMILES string of the molecule is NS(=O)(=NC(=O)Nc1c2c(cc3c1CC3)CC2)c1ncn2c1OCCC2. The molecule has 1 aromatic heterocycles. The standard InChI is InChI=1S/C17H19N5O3S/c18-26(24,15-16-22(9-19-15)6-1-7-25-16)21-17(23)20-14-12-4-2-10(12)8-11-3-5-13(11)14/h8-9H,1-7H2,(H3,18,20,21,23,24). The Morgan fingerprint density at radius 3 is 2.65 bits per heavy atom.